The third-order valence-corrected chi connectivity index (χ3v) is 3.34. The fraction of sp³-hybridized carbons (Fsp3) is 0. The third kappa shape index (κ3) is 1.95. The first-order chi connectivity index (χ1) is 9.68. The van der Waals surface area contributed by atoms with Crippen molar-refractivity contribution in [3.05, 3.63) is 40.7 Å². The van der Waals surface area contributed by atoms with E-state index in [1.807, 2.05) is 0 Å². The maximum absolute atomic E-state index is 14.5. The Morgan fingerprint density at radius 1 is 1.35 bits per heavy atom. The predicted octanol–water partition coefficient (Wildman–Crippen LogP) is 1.83. The summed E-state index contributed by atoms with van der Waals surface area (Å²) in [5.74, 6) is -1.23. The van der Waals surface area contributed by atoms with Crippen molar-refractivity contribution in [3.8, 4) is 22.6 Å². The lowest BCUT2D eigenvalue weighted by atomic mass is 10.00. The second-order valence-corrected chi connectivity index (χ2v) is 4.63. The number of aromatic amines is 1. The van der Waals surface area contributed by atoms with E-state index in [9.17, 15) is 9.18 Å². The fourth-order valence-corrected chi connectivity index (χ4v) is 2.42. The van der Waals surface area contributed by atoms with Crippen LogP contribution in [0.3, 0.4) is 0 Å². The topological polar surface area (TPSA) is 97.6 Å². The van der Waals surface area contributed by atoms with Gasteiger partial charge < -0.3 is 5.73 Å². The normalized spacial score (nSPS) is 10.7. The summed E-state index contributed by atoms with van der Waals surface area (Å²) < 4.78 is 14.5. The molecule has 0 aliphatic rings. The monoisotopic (exact) mass is 289 g/mol. The van der Waals surface area contributed by atoms with E-state index in [0.29, 0.717) is 17.1 Å². The van der Waals surface area contributed by atoms with Gasteiger partial charge >= 0.3 is 0 Å². The Kier molecular flexibility index (Phi) is 2.99. The predicted molar refractivity (Wildman–Crippen MR) is 71.4 cm³/mol. The first-order valence-electron chi connectivity index (χ1n) is 5.55. The van der Waals surface area contributed by atoms with Gasteiger partial charge in [0.25, 0.3) is 5.91 Å². The van der Waals surface area contributed by atoms with Crippen molar-refractivity contribution >= 4 is 17.2 Å². The maximum atomic E-state index is 14.5. The molecular formula is C12H8FN5OS. The SMILES string of the molecule is NC(=O)c1ccc(-c2nc[nH]n2)c(-c2cscn2)c1F. The molecule has 3 aromatic rings. The van der Waals surface area contributed by atoms with Gasteiger partial charge in [0.05, 0.1) is 16.8 Å². The molecular weight excluding hydrogens is 281 g/mol. The number of carbonyl (C=O) groups is 1. The Morgan fingerprint density at radius 3 is 2.80 bits per heavy atom. The van der Waals surface area contributed by atoms with Crippen LogP contribution in [-0.4, -0.2) is 26.1 Å². The number of amides is 1. The number of carbonyl (C=O) groups excluding carboxylic acids is 1. The van der Waals surface area contributed by atoms with Crippen molar-refractivity contribution in [1.82, 2.24) is 20.2 Å². The number of primary amides is 1. The van der Waals surface area contributed by atoms with Crippen molar-refractivity contribution in [3.63, 3.8) is 0 Å². The zero-order valence-electron chi connectivity index (χ0n) is 10.0. The number of thiazole rings is 1. The average Bonchev–Trinajstić information content (AvgIpc) is 3.11. The van der Waals surface area contributed by atoms with Gasteiger partial charge in [0.2, 0.25) is 0 Å². The van der Waals surface area contributed by atoms with Crippen molar-refractivity contribution < 1.29 is 9.18 Å². The number of nitrogens with one attached hydrogen (secondary N) is 1. The van der Waals surface area contributed by atoms with Gasteiger partial charge in [0.1, 0.15) is 12.1 Å². The highest BCUT2D eigenvalue weighted by molar-refractivity contribution is 7.07. The van der Waals surface area contributed by atoms with E-state index in [-0.39, 0.29) is 11.1 Å². The Morgan fingerprint density at radius 2 is 2.20 bits per heavy atom. The minimum absolute atomic E-state index is 0.169. The molecule has 3 N–H and O–H groups in total. The summed E-state index contributed by atoms with van der Waals surface area (Å²) in [6.07, 6.45) is 1.39. The number of nitrogens with two attached hydrogens (primary N) is 1. The zero-order chi connectivity index (χ0) is 14.1. The lowest BCUT2D eigenvalue weighted by molar-refractivity contribution is 0.0996. The van der Waals surface area contributed by atoms with Crippen LogP contribution in [0.25, 0.3) is 22.6 Å². The van der Waals surface area contributed by atoms with Crippen LogP contribution in [0.2, 0.25) is 0 Å². The van der Waals surface area contributed by atoms with Gasteiger partial charge in [-0.3, -0.25) is 9.89 Å². The molecule has 6 nitrogen and oxygen atoms in total. The fourth-order valence-electron chi connectivity index (χ4n) is 1.88. The van der Waals surface area contributed by atoms with Gasteiger partial charge in [-0.25, -0.2) is 14.4 Å². The number of aromatic nitrogens is 4. The first kappa shape index (κ1) is 12.4. The molecule has 100 valence electrons. The summed E-state index contributed by atoms with van der Waals surface area (Å²) in [4.78, 5) is 19.3. The van der Waals surface area contributed by atoms with E-state index >= 15 is 0 Å². The number of H-pyrrole nitrogens is 1. The van der Waals surface area contributed by atoms with Gasteiger partial charge in [0.15, 0.2) is 5.82 Å². The van der Waals surface area contributed by atoms with Crippen molar-refractivity contribution in [2.45, 2.75) is 0 Å². The van der Waals surface area contributed by atoms with Crippen LogP contribution in [0.4, 0.5) is 4.39 Å². The summed E-state index contributed by atoms with van der Waals surface area (Å²) >= 11 is 1.32. The molecule has 3 rings (SSSR count). The van der Waals surface area contributed by atoms with Crippen molar-refractivity contribution in [2.24, 2.45) is 5.73 Å². The Bertz CT molecular complexity index is 755. The molecule has 1 aromatic carbocycles. The van der Waals surface area contributed by atoms with E-state index in [0.717, 1.165) is 0 Å². The molecule has 0 aliphatic carbocycles. The number of rotatable bonds is 3. The lowest BCUT2D eigenvalue weighted by Gasteiger charge is -2.08. The van der Waals surface area contributed by atoms with Crippen LogP contribution in [0.15, 0.2) is 29.4 Å². The third-order valence-electron chi connectivity index (χ3n) is 2.75. The summed E-state index contributed by atoms with van der Waals surface area (Å²) in [7, 11) is 0. The summed E-state index contributed by atoms with van der Waals surface area (Å²) in [5.41, 5.74) is 7.59. The van der Waals surface area contributed by atoms with E-state index < -0.39 is 11.7 Å². The molecule has 0 atom stereocenters. The molecule has 0 saturated carbocycles. The molecule has 8 heteroatoms. The molecule has 0 unspecified atom stereocenters. The van der Waals surface area contributed by atoms with E-state index in [2.05, 4.69) is 20.2 Å². The van der Waals surface area contributed by atoms with Gasteiger partial charge in [0, 0.05) is 16.5 Å². The Balaban J connectivity index is 2.31. The molecule has 0 radical (unpaired) electrons. The van der Waals surface area contributed by atoms with E-state index in [4.69, 9.17) is 5.73 Å². The zero-order valence-corrected chi connectivity index (χ0v) is 10.8. The van der Waals surface area contributed by atoms with Gasteiger partial charge in [-0.2, -0.15) is 5.10 Å². The van der Waals surface area contributed by atoms with Crippen molar-refractivity contribution in [1.29, 1.82) is 0 Å². The molecule has 0 fully saturated rings. The lowest BCUT2D eigenvalue weighted by Crippen LogP contribution is -2.14. The number of nitrogens with zero attached hydrogens (tertiary/aromatic N) is 3. The van der Waals surface area contributed by atoms with Crippen LogP contribution >= 0.6 is 11.3 Å². The van der Waals surface area contributed by atoms with Crippen molar-refractivity contribution in [2.75, 3.05) is 0 Å². The van der Waals surface area contributed by atoms with Crippen LogP contribution in [0, 0.1) is 5.82 Å². The Hall–Kier alpha value is -2.61. The van der Waals surface area contributed by atoms with E-state index in [1.165, 1.54) is 23.7 Å². The number of benzene rings is 1. The largest absolute Gasteiger partial charge is 0.366 e. The molecule has 20 heavy (non-hydrogen) atoms. The Labute approximate surface area is 116 Å². The van der Waals surface area contributed by atoms with Crippen LogP contribution in [0.5, 0.6) is 0 Å². The highest BCUT2D eigenvalue weighted by Crippen LogP contribution is 2.33. The number of halogens is 1. The molecule has 0 bridgehead atoms. The minimum atomic E-state index is -0.833. The second kappa shape index (κ2) is 4.82. The van der Waals surface area contributed by atoms with Crippen LogP contribution in [0.1, 0.15) is 10.4 Å². The molecule has 2 heterocycles. The highest BCUT2D eigenvalue weighted by Gasteiger charge is 2.21. The molecule has 2 aromatic heterocycles. The molecule has 1 amide bonds. The van der Waals surface area contributed by atoms with Crippen LogP contribution in [-0.2, 0) is 0 Å². The number of hydrogen-bond donors (Lipinski definition) is 2. The first-order valence-corrected chi connectivity index (χ1v) is 6.49. The maximum Gasteiger partial charge on any atom is 0.251 e. The smallest absolute Gasteiger partial charge is 0.251 e. The van der Waals surface area contributed by atoms with Gasteiger partial charge in [-0.1, -0.05) is 0 Å². The summed E-state index contributed by atoms with van der Waals surface area (Å²) in [6, 6.07) is 2.88. The average molecular weight is 289 g/mol. The highest BCUT2D eigenvalue weighted by atomic mass is 32.1. The van der Waals surface area contributed by atoms with E-state index in [1.54, 1.807) is 17.0 Å². The second-order valence-electron chi connectivity index (χ2n) is 3.91. The number of hydrogen-bond acceptors (Lipinski definition) is 5. The summed E-state index contributed by atoms with van der Waals surface area (Å²) in [5, 5.41) is 8.17. The minimum Gasteiger partial charge on any atom is -0.366 e. The quantitative estimate of drug-likeness (QED) is 0.768. The van der Waals surface area contributed by atoms with Gasteiger partial charge in [-0.15, -0.1) is 11.3 Å². The van der Waals surface area contributed by atoms with Crippen LogP contribution < -0.4 is 5.73 Å². The van der Waals surface area contributed by atoms with Gasteiger partial charge in [-0.05, 0) is 12.1 Å². The molecule has 0 aliphatic heterocycles. The summed E-state index contributed by atoms with van der Waals surface area (Å²) in [6.45, 7) is 0. The standard InChI is InChI=1S/C12H8FN5OS/c13-10-7(11(14)19)2-1-6(12-15-4-17-18-12)9(10)8-3-20-5-16-8/h1-5H,(H2,14,19)(H,15,17,18). The molecule has 0 saturated heterocycles. The molecule has 0 spiro atoms.